The molecule has 1 aliphatic rings. The lowest BCUT2D eigenvalue weighted by Crippen LogP contribution is -2.37. The lowest BCUT2D eigenvalue weighted by atomic mass is 10.1. The van der Waals surface area contributed by atoms with Gasteiger partial charge in [0, 0.05) is 12.6 Å². The molecule has 7 nitrogen and oxygen atoms in total. The minimum absolute atomic E-state index is 0.0418. The molecular weight excluding hydrogens is 236 g/mol. The van der Waals surface area contributed by atoms with Crippen LogP contribution in [0.3, 0.4) is 0 Å². The van der Waals surface area contributed by atoms with E-state index >= 15 is 0 Å². The minimum atomic E-state index is -0.584. The Morgan fingerprint density at radius 3 is 3.11 bits per heavy atom. The fraction of sp³-hybridized carbons (Fsp3) is 0.455. The Balaban J connectivity index is 2.17. The number of hydrogen-bond donors (Lipinski definition) is 1. The number of nitrogens with zero attached hydrogens (tertiary/aromatic N) is 3. The molecule has 0 radical (unpaired) electrons. The number of ether oxygens (including phenoxy) is 1. The molecular formula is C11H12N4O3. The van der Waals surface area contributed by atoms with Gasteiger partial charge in [0.15, 0.2) is 0 Å². The highest BCUT2D eigenvalue weighted by atomic mass is 16.6. The summed E-state index contributed by atoms with van der Waals surface area (Å²) in [6.07, 6.45) is 2.95. The summed E-state index contributed by atoms with van der Waals surface area (Å²) in [7, 11) is 0. The molecule has 94 valence electrons. The monoisotopic (exact) mass is 248 g/mol. The Kier molecular flexibility index (Phi) is 3.69. The zero-order valence-corrected chi connectivity index (χ0v) is 9.63. The molecule has 7 heteroatoms. The molecule has 1 saturated heterocycles. The van der Waals surface area contributed by atoms with Gasteiger partial charge in [-0.2, -0.15) is 5.26 Å². The summed E-state index contributed by atoms with van der Waals surface area (Å²) in [6, 6.07) is 3.05. The molecule has 0 bridgehead atoms. The first-order valence-corrected chi connectivity index (χ1v) is 5.62. The number of nitriles is 1. The highest BCUT2D eigenvalue weighted by Crippen LogP contribution is 2.22. The molecule has 1 unspecified atom stereocenters. The second-order valence-corrected chi connectivity index (χ2v) is 4.00. The average Bonchev–Trinajstić information content (AvgIpc) is 2.40. The maximum absolute atomic E-state index is 10.6. The molecule has 2 rings (SSSR count). The standard InChI is InChI=1S/C11H12N4O3/c12-5-8-4-9(15(16)17)6-14-11(8)18-10-2-1-3-13-7-10/h4,6,10,13H,1-3,7H2. The van der Waals surface area contributed by atoms with E-state index in [2.05, 4.69) is 10.3 Å². The van der Waals surface area contributed by atoms with Crippen LogP contribution in [0.2, 0.25) is 0 Å². The van der Waals surface area contributed by atoms with Gasteiger partial charge in [-0.05, 0) is 19.4 Å². The van der Waals surface area contributed by atoms with E-state index in [9.17, 15) is 10.1 Å². The SMILES string of the molecule is N#Cc1cc([N+](=O)[O-])cnc1OC1CCCNC1. The van der Waals surface area contributed by atoms with Gasteiger partial charge in [-0.3, -0.25) is 10.1 Å². The topological polar surface area (TPSA) is 101 Å². The Hall–Kier alpha value is -2.20. The quantitative estimate of drug-likeness (QED) is 0.632. The first-order valence-electron chi connectivity index (χ1n) is 5.62. The molecule has 18 heavy (non-hydrogen) atoms. The van der Waals surface area contributed by atoms with E-state index in [0.717, 1.165) is 25.6 Å². The van der Waals surface area contributed by atoms with Crippen LogP contribution in [-0.2, 0) is 0 Å². The molecule has 1 aromatic heterocycles. The number of aromatic nitrogens is 1. The first kappa shape index (κ1) is 12.3. The maximum atomic E-state index is 10.6. The Labute approximate surface area is 104 Å². The van der Waals surface area contributed by atoms with Gasteiger partial charge in [0.25, 0.3) is 5.69 Å². The van der Waals surface area contributed by atoms with Crippen molar-refractivity contribution < 1.29 is 9.66 Å². The summed E-state index contributed by atoms with van der Waals surface area (Å²) in [5.74, 6) is 0.164. The van der Waals surface area contributed by atoms with Gasteiger partial charge >= 0.3 is 0 Å². The summed E-state index contributed by atoms with van der Waals surface area (Å²) in [4.78, 5) is 13.8. The van der Waals surface area contributed by atoms with Crippen molar-refractivity contribution in [2.45, 2.75) is 18.9 Å². The van der Waals surface area contributed by atoms with E-state index < -0.39 is 4.92 Å². The van der Waals surface area contributed by atoms with Crippen molar-refractivity contribution in [3.63, 3.8) is 0 Å². The second-order valence-electron chi connectivity index (χ2n) is 4.00. The van der Waals surface area contributed by atoms with Gasteiger partial charge < -0.3 is 10.1 Å². The van der Waals surface area contributed by atoms with Crippen molar-refractivity contribution >= 4 is 5.69 Å². The fourth-order valence-corrected chi connectivity index (χ4v) is 1.79. The lowest BCUT2D eigenvalue weighted by molar-refractivity contribution is -0.385. The fourth-order valence-electron chi connectivity index (χ4n) is 1.79. The van der Waals surface area contributed by atoms with Gasteiger partial charge in [-0.25, -0.2) is 4.98 Å². The Bertz CT molecular complexity index is 492. The number of nitrogens with one attached hydrogen (secondary N) is 1. The average molecular weight is 248 g/mol. The normalized spacial score (nSPS) is 18.9. The van der Waals surface area contributed by atoms with Crippen molar-refractivity contribution in [2.75, 3.05) is 13.1 Å². The smallest absolute Gasteiger partial charge is 0.289 e. The molecule has 0 saturated carbocycles. The van der Waals surface area contributed by atoms with Crippen molar-refractivity contribution in [3.05, 3.63) is 27.9 Å². The Morgan fingerprint density at radius 2 is 2.50 bits per heavy atom. The summed E-state index contributed by atoms with van der Waals surface area (Å²) in [5, 5.41) is 22.7. The number of piperidine rings is 1. The summed E-state index contributed by atoms with van der Waals surface area (Å²) in [5.41, 5.74) is -0.115. The third-order valence-electron chi connectivity index (χ3n) is 2.70. The molecule has 2 heterocycles. The van der Waals surface area contributed by atoms with Gasteiger partial charge in [0.1, 0.15) is 23.9 Å². The van der Waals surface area contributed by atoms with Crippen LogP contribution >= 0.6 is 0 Å². The van der Waals surface area contributed by atoms with Crippen LogP contribution in [0.5, 0.6) is 5.88 Å². The van der Waals surface area contributed by atoms with Crippen molar-refractivity contribution in [1.29, 1.82) is 5.26 Å². The van der Waals surface area contributed by atoms with Crippen LogP contribution < -0.4 is 10.1 Å². The van der Waals surface area contributed by atoms with Crippen LogP contribution in [-0.4, -0.2) is 29.1 Å². The van der Waals surface area contributed by atoms with E-state index in [4.69, 9.17) is 10.00 Å². The van der Waals surface area contributed by atoms with Crippen LogP contribution in [0.4, 0.5) is 5.69 Å². The predicted molar refractivity (Wildman–Crippen MR) is 62.1 cm³/mol. The maximum Gasteiger partial charge on any atom is 0.289 e. The van der Waals surface area contributed by atoms with E-state index in [-0.39, 0.29) is 23.2 Å². The molecule has 1 fully saturated rings. The largest absolute Gasteiger partial charge is 0.472 e. The minimum Gasteiger partial charge on any atom is -0.472 e. The molecule has 0 amide bonds. The van der Waals surface area contributed by atoms with Gasteiger partial charge in [-0.15, -0.1) is 0 Å². The highest BCUT2D eigenvalue weighted by Gasteiger charge is 2.19. The lowest BCUT2D eigenvalue weighted by Gasteiger charge is -2.23. The molecule has 0 spiro atoms. The van der Waals surface area contributed by atoms with Crippen LogP contribution in [0.15, 0.2) is 12.3 Å². The van der Waals surface area contributed by atoms with Gasteiger partial charge in [0.05, 0.1) is 4.92 Å². The number of nitro groups is 1. The zero-order chi connectivity index (χ0) is 13.0. The van der Waals surface area contributed by atoms with Crippen molar-refractivity contribution in [3.8, 4) is 11.9 Å². The van der Waals surface area contributed by atoms with Crippen LogP contribution in [0, 0.1) is 21.4 Å². The molecule has 1 atom stereocenters. The summed E-state index contributed by atoms with van der Waals surface area (Å²) >= 11 is 0. The third kappa shape index (κ3) is 2.73. The second kappa shape index (κ2) is 5.42. The number of pyridine rings is 1. The molecule has 1 aromatic rings. The predicted octanol–water partition coefficient (Wildman–Crippen LogP) is 0.992. The third-order valence-corrected chi connectivity index (χ3v) is 2.70. The number of hydrogen-bond acceptors (Lipinski definition) is 6. The van der Waals surface area contributed by atoms with E-state index in [1.807, 2.05) is 6.07 Å². The number of rotatable bonds is 3. The molecule has 1 aliphatic heterocycles. The van der Waals surface area contributed by atoms with Crippen LogP contribution in [0.1, 0.15) is 18.4 Å². The molecule has 1 N–H and O–H groups in total. The zero-order valence-electron chi connectivity index (χ0n) is 9.63. The summed E-state index contributed by atoms with van der Waals surface area (Å²) in [6.45, 7) is 1.65. The molecule has 0 aliphatic carbocycles. The highest BCUT2D eigenvalue weighted by molar-refractivity contribution is 5.45. The van der Waals surface area contributed by atoms with E-state index in [1.165, 1.54) is 6.07 Å². The Morgan fingerprint density at radius 1 is 1.67 bits per heavy atom. The van der Waals surface area contributed by atoms with Crippen LogP contribution in [0.25, 0.3) is 0 Å². The van der Waals surface area contributed by atoms with E-state index in [1.54, 1.807) is 0 Å². The first-order chi connectivity index (χ1) is 8.70. The molecule has 0 aromatic carbocycles. The van der Waals surface area contributed by atoms with E-state index in [0.29, 0.717) is 6.54 Å². The van der Waals surface area contributed by atoms with Gasteiger partial charge in [-0.1, -0.05) is 0 Å². The van der Waals surface area contributed by atoms with Crippen molar-refractivity contribution in [1.82, 2.24) is 10.3 Å². The van der Waals surface area contributed by atoms with Crippen molar-refractivity contribution in [2.24, 2.45) is 0 Å². The summed E-state index contributed by atoms with van der Waals surface area (Å²) < 4.78 is 5.59. The van der Waals surface area contributed by atoms with Gasteiger partial charge in [0.2, 0.25) is 5.88 Å².